The van der Waals surface area contributed by atoms with Crippen LogP contribution in [-0.4, -0.2) is 15.8 Å². The molecule has 1 spiro atoms. The number of rotatable bonds is 6. The summed E-state index contributed by atoms with van der Waals surface area (Å²) in [5.74, 6) is 0. The van der Waals surface area contributed by atoms with E-state index in [1.54, 1.807) is 20.9 Å². The van der Waals surface area contributed by atoms with E-state index in [0.717, 1.165) is 110 Å². The molecule has 14 aromatic carbocycles. The lowest BCUT2D eigenvalue weighted by atomic mass is 9.34. The Morgan fingerprint density at radius 1 is 0.383 bits per heavy atom. The van der Waals surface area contributed by atoms with Crippen LogP contribution in [0, 0.1) is 0 Å². The molecule has 0 fully saturated rings. The first-order chi connectivity index (χ1) is 52.9. The summed E-state index contributed by atoms with van der Waals surface area (Å²) < 4.78 is 155. The average molecular weight is 1230 g/mol. The third kappa shape index (κ3) is 7.41. The van der Waals surface area contributed by atoms with Crippen LogP contribution in [0.5, 0.6) is 0 Å². The number of hydrogen-bond acceptors (Lipinski definition) is 2. The minimum absolute atomic E-state index is 0.0669. The molecule has 0 radical (unpaired) electrons. The monoisotopic (exact) mass is 1230 g/mol. The van der Waals surface area contributed by atoms with Crippen molar-refractivity contribution in [2.45, 2.75) is 41.4 Å². The Hall–Kier alpha value is -11.1. The third-order valence-electron chi connectivity index (χ3n) is 20.0. The van der Waals surface area contributed by atoms with Crippen LogP contribution >= 0.6 is 11.8 Å². The molecule has 0 amide bonds. The van der Waals surface area contributed by atoms with Crippen molar-refractivity contribution in [1.82, 2.24) is 9.13 Å². The highest BCUT2D eigenvalue weighted by molar-refractivity contribution is 8.00. The number of anilines is 3. The largest absolute Gasteiger partial charge is 0.310 e. The number of fused-ring (bicyclic) bond motifs is 21. The van der Waals surface area contributed by atoms with Gasteiger partial charge in [-0.1, -0.05) is 280 Å². The highest BCUT2D eigenvalue weighted by Gasteiger charge is 2.54. The second-order valence-corrected chi connectivity index (χ2v) is 26.9. The van der Waals surface area contributed by atoms with Crippen molar-refractivity contribution in [3.05, 3.63) is 337 Å². The molecule has 0 N–H and O–H groups in total. The molecular formula is C89H60BN3S. The Morgan fingerprint density at radius 2 is 0.851 bits per heavy atom. The molecule has 0 saturated heterocycles. The highest BCUT2D eigenvalue weighted by Crippen LogP contribution is 2.65. The van der Waals surface area contributed by atoms with Crippen LogP contribution in [0.4, 0.5) is 17.1 Å². The maximum atomic E-state index is 10.00. The zero-order chi connectivity index (χ0) is 76.1. The molecule has 4 heterocycles. The first kappa shape index (κ1) is 40.0. The van der Waals surface area contributed by atoms with Gasteiger partial charge in [-0.15, -0.1) is 0 Å². The van der Waals surface area contributed by atoms with E-state index in [2.05, 4.69) is 153 Å². The van der Waals surface area contributed by atoms with Crippen LogP contribution in [-0.2, 0) is 10.8 Å². The van der Waals surface area contributed by atoms with Crippen molar-refractivity contribution in [3.63, 3.8) is 0 Å². The van der Waals surface area contributed by atoms with Crippen LogP contribution in [0.1, 0.15) is 70.5 Å². The molecule has 0 unspecified atom stereocenters. The molecule has 2 aromatic heterocycles. The van der Waals surface area contributed by atoms with Gasteiger partial charge in [0.05, 0.1) is 55.1 Å². The first-order valence-electron chi connectivity index (χ1n) is 39.6. The second-order valence-electron chi connectivity index (χ2n) is 25.8. The van der Waals surface area contributed by atoms with Gasteiger partial charge in [0.25, 0.3) is 0 Å². The Kier molecular flexibility index (Phi) is 8.49. The molecule has 3 nitrogen and oxygen atoms in total. The lowest BCUT2D eigenvalue weighted by Gasteiger charge is -2.43. The Bertz CT molecular complexity index is 6630. The molecule has 440 valence electrons. The van der Waals surface area contributed by atoms with Crippen LogP contribution in [0.25, 0.3) is 111 Å². The summed E-state index contributed by atoms with van der Waals surface area (Å²) in [6, 6.07) is 65.0. The highest BCUT2D eigenvalue weighted by atomic mass is 32.2. The zero-order valence-electron chi connectivity index (χ0n) is 67.0. The predicted octanol–water partition coefficient (Wildman–Crippen LogP) is 21.3. The maximum absolute atomic E-state index is 10.00. The molecule has 2 aliphatic carbocycles. The van der Waals surface area contributed by atoms with Gasteiger partial charge in [0.15, 0.2) is 0 Å². The van der Waals surface area contributed by atoms with Crippen molar-refractivity contribution in [2.75, 3.05) is 4.90 Å². The van der Waals surface area contributed by atoms with Gasteiger partial charge in [0, 0.05) is 70.8 Å². The van der Waals surface area contributed by atoms with Gasteiger partial charge >= 0.3 is 0 Å². The fraction of sp³-hybridized carbons (Fsp3) is 0.0562. The summed E-state index contributed by atoms with van der Waals surface area (Å²) in [7, 11) is 0. The average Bonchev–Trinajstić information content (AvgIpc) is 1.47. The van der Waals surface area contributed by atoms with E-state index in [0.29, 0.717) is 22.7 Å². The Labute approximate surface area is 574 Å². The van der Waals surface area contributed by atoms with E-state index in [-0.39, 0.29) is 49.3 Å². The van der Waals surface area contributed by atoms with Crippen LogP contribution < -0.4 is 21.3 Å². The standard InChI is InChI=1S/C89H60BN3S/c1-88(2,3)59-50-68(56-27-9-5-10-28-56)86(69(51-59)57-29-11-6-12-30-57)93-81-52-60(91-77-39-21-15-33-64(77)65-34-16-22-40-78(65)91)44-47-75(81)90-76-48-46-74-84(87(76)94-83-54-61(53-82(93)85(83)90)92-79-41-23-17-35-66(79)67-36-18-24-42-80(67)92)70-49-58(55-25-7-4-8-26-55)43-45-73(70)89(74)71-37-19-13-31-62(71)63-32-14-20-38-72(63)89/h4-54H,1-3H3/i15D,16D,17D,18D,21D,22D,23D,24D,33D,34D,35D,36D,39D,40D,41D,42D. The minimum atomic E-state index is -0.824. The van der Waals surface area contributed by atoms with Gasteiger partial charge in [-0.2, -0.15) is 0 Å². The van der Waals surface area contributed by atoms with Crippen molar-refractivity contribution >= 4 is 95.5 Å². The molecule has 2 aliphatic heterocycles. The normalized spacial score (nSPS) is 16.1. The zero-order valence-corrected chi connectivity index (χ0v) is 51.9. The smallest absolute Gasteiger partial charge is 0.249 e. The number of nitrogens with zero attached hydrogens (tertiary/aromatic N) is 3. The number of aromatic nitrogens is 2. The quantitative estimate of drug-likeness (QED) is 0.154. The molecular weight excluding hydrogens is 1150 g/mol. The summed E-state index contributed by atoms with van der Waals surface area (Å²) in [5.41, 5.74) is 18.3. The second kappa shape index (κ2) is 20.0. The lowest BCUT2D eigenvalue weighted by Crippen LogP contribution is -2.60. The van der Waals surface area contributed by atoms with Gasteiger partial charge < -0.3 is 14.0 Å². The van der Waals surface area contributed by atoms with Gasteiger partial charge in [-0.3, -0.25) is 0 Å². The predicted molar refractivity (Wildman–Crippen MR) is 396 cm³/mol. The molecule has 20 rings (SSSR count). The van der Waals surface area contributed by atoms with Gasteiger partial charge in [0.2, 0.25) is 6.71 Å². The van der Waals surface area contributed by atoms with Gasteiger partial charge in [-0.05, 0) is 150 Å². The van der Waals surface area contributed by atoms with E-state index in [4.69, 9.17) is 5.48 Å². The van der Waals surface area contributed by atoms with Crippen molar-refractivity contribution in [1.29, 1.82) is 0 Å². The van der Waals surface area contributed by atoms with Crippen molar-refractivity contribution in [2.24, 2.45) is 0 Å². The molecule has 4 aliphatic rings. The van der Waals surface area contributed by atoms with Crippen LogP contribution in [0.15, 0.2) is 319 Å². The SMILES string of the molecule is [2H]c1c([2H])c([2H])c2c(c1[2H])c1c([2H])c([2H])c([2H])c([2H])c1n2-c1ccc2c(c1)N(c1c(-c3ccccc3)cc(C(C)(C)C)cc1-c1ccccc1)c1cc(-n3c4c([2H])c([2H])c([2H])c([2H])c4c4c([2H])c([2H])c([2H])c([2H])c43)cc3c1B2c1ccc2c(c1S3)-c1cc(-c3ccccc3)ccc1C21c2ccccc2-c2ccccc21. The Balaban J connectivity index is 0.999. The first-order valence-corrected chi connectivity index (χ1v) is 32.4. The van der Waals surface area contributed by atoms with E-state index >= 15 is 0 Å². The number of para-hydroxylation sites is 4. The fourth-order valence-corrected chi connectivity index (χ4v) is 17.4. The lowest BCUT2D eigenvalue weighted by molar-refractivity contribution is 0.591. The molecule has 5 heteroatoms. The molecule has 94 heavy (non-hydrogen) atoms. The molecule has 0 saturated carbocycles. The summed E-state index contributed by atoms with van der Waals surface area (Å²) in [6.07, 6.45) is 0. The van der Waals surface area contributed by atoms with Gasteiger partial charge in [0.1, 0.15) is 0 Å². The van der Waals surface area contributed by atoms with Gasteiger partial charge in [-0.25, -0.2) is 0 Å². The Morgan fingerprint density at radius 3 is 1.40 bits per heavy atom. The van der Waals surface area contributed by atoms with E-state index in [9.17, 15) is 16.4 Å². The molecule has 0 atom stereocenters. The van der Waals surface area contributed by atoms with Crippen molar-refractivity contribution < 1.29 is 21.9 Å². The summed E-state index contributed by atoms with van der Waals surface area (Å²) >= 11 is 1.58. The van der Waals surface area contributed by atoms with E-state index in [1.807, 2.05) is 84.9 Å². The van der Waals surface area contributed by atoms with E-state index in [1.165, 1.54) is 0 Å². The molecule has 16 aromatic rings. The third-order valence-corrected chi connectivity index (χ3v) is 21.2. The minimum Gasteiger partial charge on any atom is -0.310 e. The van der Waals surface area contributed by atoms with E-state index < -0.39 is 114 Å². The molecule has 0 bridgehead atoms. The van der Waals surface area contributed by atoms with Crippen molar-refractivity contribution in [3.8, 4) is 67.0 Å². The topological polar surface area (TPSA) is 13.1 Å². The van der Waals surface area contributed by atoms with Crippen LogP contribution in [0.3, 0.4) is 0 Å². The maximum Gasteiger partial charge on any atom is 0.249 e. The fourth-order valence-electron chi connectivity index (χ4n) is 16.1. The van der Waals surface area contributed by atoms with Crippen LogP contribution in [0.2, 0.25) is 0 Å². The number of hydrogen-bond donors (Lipinski definition) is 0. The summed E-state index contributed by atoms with van der Waals surface area (Å²) in [5, 5.41) is -0.345. The summed E-state index contributed by atoms with van der Waals surface area (Å²) in [4.78, 5) is 3.84. The number of benzene rings is 14. The summed E-state index contributed by atoms with van der Waals surface area (Å²) in [6.45, 7) is 5.82.